The molecule has 0 bridgehead atoms. The summed E-state index contributed by atoms with van der Waals surface area (Å²) >= 11 is 0. The van der Waals surface area contributed by atoms with E-state index in [4.69, 9.17) is 25.5 Å². The fourth-order valence-electron chi connectivity index (χ4n) is 2.62. The molecule has 0 aliphatic carbocycles. The molecule has 0 aliphatic rings. The van der Waals surface area contributed by atoms with Crippen LogP contribution in [-0.4, -0.2) is 36.0 Å². The summed E-state index contributed by atoms with van der Waals surface area (Å²) in [6, 6.07) is 7.42. The molecule has 0 unspecified atom stereocenters. The Kier molecular flexibility index (Phi) is 7.74. The summed E-state index contributed by atoms with van der Waals surface area (Å²) < 4.78 is 10.9. The first kappa shape index (κ1) is 21.1. The highest BCUT2D eigenvalue weighted by atomic mass is 16.6. The maximum atomic E-state index is 13.1. The standard InChI is InChI=1S/C20H28N4O4/c1-14(2)24(12-16-5-8-26-13-16)19(25)17-9-15(3)10-18(11-17)27-6-4-7-28-23-20(21)22/h5,8-11,13-14H,4,6-7,12H2,1-3H3,(H4,21,22,23). The lowest BCUT2D eigenvalue weighted by Crippen LogP contribution is -2.36. The van der Waals surface area contributed by atoms with Crippen LogP contribution in [0.4, 0.5) is 0 Å². The van der Waals surface area contributed by atoms with Crippen molar-refractivity contribution in [2.75, 3.05) is 13.2 Å². The molecule has 1 aromatic carbocycles. The van der Waals surface area contributed by atoms with Crippen molar-refractivity contribution in [3.05, 3.63) is 53.5 Å². The van der Waals surface area contributed by atoms with Crippen LogP contribution in [0.5, 0.6) is 5.75 Å². The molecule has 8 nitrogen and oxygen atoms in total. The monoisotopic (exact) mass is 388 g/mol. The van der Waals surface area contributed by atoms with Crippen molar-refractivity contribution in [3.8, 4) is 5.75 Å². The van der Waals surface area contributed by atoms with E-state index >= 15 is 0 Å². The molecule has 8 heteroatoms. The van der Waals surface area contributed by atoms with E-state index in [-0.39, 0.29) is 17.9 Å². The van der Waals surface area contributed by atoms with E-state index < -0.39 is 0 Å². The van der Waals surface area contributed by atoms with Gasteiger partial charge in [0.2, 0.25) is 5.96 Å². The number of furan rings is 1. The number of ether oxygens (including phenoxy) is 1. The van der Waals surface area contributed by atoms with Crippen LogP contribution in [0.25, 0.3) is 0 Å². The predicted molar refractivity (Wildman–Crippen MR) is 107 cm³/mol. The Morgan fingerprint density at radius 1 is 1.25 bits per heavy atom. The molecule has 0 spiro atoms. The highest BCUT2D eigenvalue weighted by Crippen LogP contribution is 2.21. The average molecular weight is 388 g/mol. The molecule has 0 aliphatic heterocycles. The van der Waals surface area contributed by atoms with E-state index in [1.54, 1.807) is 23.5 Å². The minimum atomic E-state index is -0.118. The second-order valence-corrected chi connectivity index (χ2v) is 6.74. The van der Waals surface area contributed by atoms with Crippen molar-refractivity contribution in [1.82, 2.24) is 4.90 Å². The number of nitrogens with zero attached hydrogens (tertiary/aromatic N) is 2. The first-order valence-corrected chi connectivity index (χ1v) is 9.14. The summed E-state index contributed by atoms with van der Waals surface area (Å²) in [6.45, 7) is 7.14. The number of benzene rings is 1. The highest BCUT2D eigenvalue weighted by molar-refractivity contribution is 5.95. The van der Waals surface area contributed by atoms with E-state index in [2.05, 4.69) is 5.16 Å². The Morgan fingerprint density at radius 2 is 2.04 bits per heavy atom. The van der Waals surface area contributed by atoms with Crippen LogP contribution in [0, 0.1) is 6.92 Å². The number of carbonyl (C=O) groups is 1. The van der Waals surface area contributed by atoms with Crippen LogP contribution in [-0.2, 0) is 11.4 Å². The van der Waals surface area contributed by atoms with Gasteiger partial charge in [-0.2, -0.15) is 0 Å². The Labute approximate surface area is 165 Å². The summed E-state index contributed by atoms with van der Waals surface area (Å²) in [4.78, 5) is 19.8. The molecule has 2 aromatic rings. The van der Waals surface area contributed by atoms with Crippen molar-refractivity contribution in [2.24, 2.45) is 16.6 Å². The van der Waals surface area contributed by atoms with Gasteiger partial charge in [-0.15, -0.1) is 0 Å². The lowest BCUT2D eigenvalue weighted by molar-refractivity contribution is 0.0689. The Bertz CT molecular complexity index is 784. The van der Waals surface area contributed by atoms with Gasteiger partial charge in [-0.05, 0) is 55.8 Å². The van der Waals surface area contributed by atoms with Gasteiger partial charge in [0.25, 0.3) is 5.91 Å². The zero-order valence-corrected chi connectivity index (χ0v) is 16.6. The van der Waals surface area contributed by atoms with Crippen LogP contribution in [0.1, 0.15) is 41.8 Å². The number of carbonyl (C=O) groups excluding carboxylic acids is 1. The van der Waals surface area contributed by atoms with E-state index in [0.717, 1.165) is 11.1 Å². The molecule has 28 heavy (non-hydrogen) atoms. The van der Waals surface area contributed by atoms with Gasteiger partial charge in [0.1, 0.15) is 12.4 Å². The first-order chi connectivity index (χ1) is 13.4. The van der Waals surface area contributed by atoms with Gasteiger partial charge < -0.3 is 30.4 Å². The molecule has 0 radical (unpaired) electrons. The predicted octanol–water partition coefficient (Wildman–Crippen LogP) is 2.61. The highest BCUT2D eigenvalue weighted by Gasteiger charge is 2.20. The van der Waals surface area contributed by atoms with E-state index in [1.807, 2.05) is 39.0 Å². The largest absolute Gasteiger partial charge is 0.493 e. The molecule has 0 saturated heterocycles. The van der Waals surface area contributed by atoms with Crippen molar-refractivity contribution >= 4 is 11.9 Å². The maximum absolute atomic E-state index is 13.1. The van der Waals surface area contributed by atoms with Crippen molar-refractivity contribution in [1.29, 1.82) is 0 Å². The number of nitrogens with two attached hydrogens (primary N) is 2. The fraction of sp³-hybridized carbons (Fsp3) is 0.400. The van der Waals surface area contributed by atoms with Gasteiger partial charge in [-0.3, -0.25) is 4.79 Å². The molecule has 0 fully saturated rings. The summed E-state index contributed by atoms with van der Waals surface area (Å²) in [7, 11) is 0. The van der Waals surface area contributed by atoms with E-state index in [9.17, 15) is 4.79 Å². The number of guanidine groups is 1. The molecular weight excluding hydrogens is 360 g/mol. The molecule has 0 saturated carbocycles. The second-order valence-electron chi connectivity index (χ2n) is 6.74. The Hall–Kier alpha value is -3.16. The molecule has 0 atom stereocenters. The minimum Gasteiger partial charge on any atom is -0.493 e. The van der Waals surface area contributed by atoms with Crippen molar-refractivity contribution in [2.45, 2.75) is 39.8 Å². The summed E-state index contributed by atoms with van der Waals surface area (Å²) in [5.41, 5.74) is 12.8. The van der Waals surface area contributed by atoms with Crippen molar-refractivity contribution < 1.29 is 18.8 Å². The third-order valence-corrected chi connectivity index (χ3v) is 3.93. The first-order valence-electron chi connectivity index (χ1n) is 9.14. The third kappa shape index (κ3) is 6.53. The van der Waals surface area contributed by atoms with Gasteiger partial charge in [-0.25, -0.2) is 0 Å². The normalized spacial score (nSPS) is 10.6. The number of rotatable bonds is 10. The lowest BCUT2D eigenvalue weighted by Gasteiger charge is -2.26. The van der Waals surface area contributed by atoms with Gasteiger partial charge >= 0.3 is 0 Å². The van der Waals surface area contributed by atoms with E-state index in [1.165, 1.54) is 0 Å². The second kappa shape index (κ2) is 10.2. The van der Waals surface area contributed by atoms with Crippen LogP contribution in [0.3, 0.4) is 0 Å². The van der Waals surface area contributed by atoms with Crippen LogP contribution in [0.2, 0.25) is 0 Å². The third-order valence-electron chi connectivity index (χ3n) is 3.93. The minimum absolute atomic E-state index is 0.0416. The molecule has 152 valence electrons. The summed E-state index contributed by atoms with van der Waals surface area (Å²) in [6.07, 6.45) is 3.86. The van der Waals surface area contributed by atoms with Gasteiger partial charge in [0.15, 0.2) is 0 Å². The van der Waals surface area contributed by atoms with Crippen LogP contribution in [0.15, 0.2) is 46.4 Å². The number of aryl methyl sites for hydroxylation is 1. The van der Waals surface area contributed by atoms with Crippen LogP contribution < -0.4 is 16.2 Å². The van der Waals surface area contributed by atoms with E-state index in [0.29, 0.717) is 37.5 Å². The number of hydrogen-bond donors (Lipinski definition) is 2. The van der Waals surface area contributed by atoms with Gasteiger partial charge in [0, 0.05) is 30.1 Å². The topological polar surface area (TPSA) is 116 Å². The number of amides is 1. The smallest absolute Gasteiger partial charge is 0.254 e. The van der Waals surface area contributed by atoms with Gasteiger partial charge in [0.05, 0.1) is 19.1 Å². The molecule has 1 amide bonds. The molecule has 1 aromatic heterocycles. The molecule has 1 heterocycles. The van der Waals surface area contributed by atoms with Gasteiger partial charge in [-0.1, -0.05) is 0 Å². The molecule has 2 rings (SSSR count). The fourth-order valence-corrected chi connectivity index (χ4v) is 2.62. The maximum Gasteiger partial charge on any atom is 0.254 e. The quantitative estimate of drug-likeness (QED) is 0.280. The van der Waals surface area contributed by atoms with Crippen LogP contribution >= 0.6 is 0 Å². The average Bonchev–Trinajstić information content (AvgIpc) is 3.14. The zero-order chi connectivity index (χ0) is 20.5. The summed E-state index contributed by atoms with van der Waals surface area (Å²) in [5, 5.41) is 3.45. The molecule has 4 N–H and O–H groups in total. The molecular formula is C20H28N4O4. The SMILES string of the molecule is Cc1cc(OCCCON=C(N)N)cc(C(=O)N(Cc2ccoc2)C(C)C)c1. The number of oxime groups is 1. The van der Waals surface area contributed by atoms with Crippen molar-refractivity contribution in [3.63, 3.8) is 0 Å². The zero-order valence-electron chi connectivity index (χ0n) is 16.6. The summed E-state index contributed by atoms with van der Waals surface area (Å²) in [5.74, 6) is 0.464. The Balaban J connectivity index is 2.01. The number of hydrogen-bond acceptors (Lipinski definition) is 5. The lowest BCUT2D eigenvalue weighted by atomic mass is 10.1. The Morgan fingerprint density at radius 3 is 2.68 bits per heavy atom.